The summed E-state index contributed by atoms with van der Waals surface area (Å²) in [7, 11) is 5.43. The highest BCUT2D eigenvalue weighted by molar-refractivity contribution is 5.73. The lowest BCUT2D eigenvalue weighted by molar-refractivity contribution is -0.0140. The first-order chi connectivity index (χ1) is 10.5. The second kappa shape index (κ2) is 5.89. The molecular weight excluding hydrogens is 282 g/mol. The summed E-state index contributed by atoms with van der Waals surface area (Å²) in [6.45, 7) is 4.50. The average Bonchev–Trinajstić information content (AvgIpc) is 3.02. The van der Waals surface area contributed by atoms with Crippen LogP contribution >= 0.6 is 0 Å². The van der Waals surface area contributed by atoms with Crippen molar-refractivity contribution in [1.82, 2.24) is 24.9 Å². The van der Waals surface area contributed by atoms with E-state index in [0.29, 0.717) is 6.54 Å². The fourth-order valence-corrected chi connectivity index (χ4v) is 3.43. The molecule has 0 aromatic carbocycles. The van der Waals surface area contributed by atoms with Gasteiger partial charge in [0.25, 0.3) is 0 Å². The Morgan fingerprint density at radius 1 is 1.55 bits per heavy atom. The first-order valence-corrected chi connectivity index (χ1v) is 7.72. The topological polar surface area (TPSA) is 62.6 Å². The normalized spacial score (nSPS) is 23.5. The number of carbonyl (C=O) groups excluding carboxylic acids is 1. The maximum Gasteiger partial charge on any atom is 0.316 e. The highest BCUT2D eigenvalue weighted by Gasteiger charge is 2.48. The monoisotopic (exact) mass is 307 g/mol. The fourth-order valence-electron chi connectivity index (χ4n) is 3.43. The minimum atomic E-state index is -0.0589. The number of aryl methyl sites for hydroxylation is 1. The van der Waals surface area contributed by atoms with Crippen molar-refractivity contribution in [3.05, 3.63) is 18.0 Å². The average molecular weight is 307 g/mol. The molecule has 3 heterocycles. The molecular formula is C15H25N5O2. The summed E-state index contributed by atoms with van der Waals surface area (Å²) in [5.74, 6) is 0. The molecule has 1 aromatic heterocycles. The molecule has 0 saturated carbocycles. The zero-order valence-electron chi connectivity index (χ0n) is 13.6. The van der Waals surface area contributed by atoms with Gasteiger partial charge in [0.15, 0.2) is 0 Å². The molecule has 122 valence electrons. The molecule has 1 unspecified atom stereocenters. The molecule has 2 aliphatic heterocycles. The minimum absolute atomic E-state index is 0.0589. The van der Waals surface area contributed by atoms with E-state index >= 15 is 0 Å². The predicted octanol–water partition coefficient (Wildman–Crippen LogP) is 0.282. The number of rotatable bonds is 4. The molecule has 0 radical (unpaired) electrons. The third-order valence-corrected chi connectivity index (χ3v) is 4.46. The zero-order chi connectivity index (χ0) is 15.7. The molecule has 7 heteroatoms. The first kappa shape index (κ1) is 15.3. The van der Waals surface area contributed by atoms with Crippen LogP contribution in [0, 0.1) is 5.41 Å². The molecule has 1 aromatic rings. The van der Waals surface area contributed by atoms with Crippen LogP contribution in [0.1, 0.15) is 12.0 Å². The Morgan fingerprint density at radius 2 is 2.32 bits per heavy atom. The lowest BCUT2D eigenvalue weighted by Crippen LogP contribution is -2.56. The van der Waals surface area contributed by atoms with Crippen molar-refractivity contribution in [2.24, 2.45) is 12.5 Å². The van der Waals surface area contributed by atoms with Gasteiger partial charge in [-0.3, -0.25) is 9.58 Å². The third kappa shape index (κ3) is 3.25. The summed E-state index contributed by atoms with van der Waals surface area (Å²) in [4.78, 5) is 15.5. The highest BCUT2D eigenvalue weighted by atomic mass is 16.5. The number of likely N-dealkylation sites (tertiary alicyclic amines) is 1. The number of aromatic nitrogens is 2. The van der Waals surface area contributed by atoms with Crippen LogP contribution in [0.3, 0.4) is 0 Å². The Morgan fingerprint density at radius 3 is 2.95 bits per heavy atom. The maximum atomic E-state index is 11.5. The fraction of sp³-hybridized carbons (Fsp3) is 0.733. The van der Waals surface area contributed by atoms with Gasteiger partial charge in [-0.2, -0.15) is 5.10 Å². The number of amides is 2. The van der Waals surface area contributed by atoms with E-state index in [1.807, 2.05) is 17.9 Å². The summed E-state index contributed by atoms with van der Waals surface area (Å²) in [6, 6.07) is -0.0589. The SMILES string of the molecule is CN(C)C(=O)NCC1CC2(CO1)CN(Cc1cnn(C)c1)C2. The van der Waals surface area contributed by atoms with Gasteiger partial charge in [-0.25, -0.2) is 4.79 Å². The van der Waals surface area contributed by atoms with Crippen LogP contribution in [0.2, 0.25) is 0 Å². The molecule has 3 rings (SSSR count). The molecule has 1 atom stereocenters. The van der Waals surface area contributed by atoms with Gasteiger partial charge < -0.3 is 15.0 Å². The Hall–Kier alpha value is -1.60. The van der Waals surface area contributed by atoms with E-state index in [-0.39, 0.29) is 17.6 Å². The van der Waals surface area contributed by atoms with Crippen molar-refractivity contribution in [2.45, 2.75) is 19.1 Å². The number of hydrogen-bond donors (Lipinski definition) is 1. The molecule has 22 heavy (non-hydrogen) atoms. The summed E-state index contributed by atoms with van der Waals surface area (Å²) < 4.78 is 7.71. The zero-order valence-corrected chi connectivity index (χ0v) is 13.6. The lowest BCUT2D eigenvalue weighted by Gasteiger charge is -2.47. The summed E-state index contributed by atoms with van der Waals surface area (Å²) in [5, 5.41) is 7.11. The molecule has 2 amide bonds. The van der Waals surface area contributed by atoms with Crippen molar-refractivity contribution < 1.29 is 9.53 Å². The van der Waals surface area contributed by atoms with Crippen molar-refractivity contribution in [3.63, 3.8) is 0 Å². The lowest BCUT2D eigenvalue weighted by atomic mass is 9.77. The number of carbonyl (C=O) groups is 1. The number of nitrogens with zero attached hydrogens (tertiary/aromatic N) is 4. The van der Waals surface area contributed by atoms with Gasteiger partial charge in [0.1, 0.15) is 0 Å². The molecule has 2 aliphatic rings. The molecule has 7 nitrogen and oxygen atoms in total. The molecule has 2 fully saturated rings. The predicted molar refractivity (Wildman–Crippen MR) is 82.4 cm³/mol. The quantitative estimate of drug-likeness (QED) is 0.868. The van der Waals surface area contributed by atoms with Gasteiger partial charge in [-0.1, -0.05) is 0 Å². The molecule has 1 spiro atoms. The van der Waals surface area contributed by atoms with Crippen molar-refractivity contribution in [3.8, 4) is 0 Å². The Bertz CT molecular complexity index is 536. The van der Waals surface area contributed by atoms with E-state index in [1.165, 1.54) is 5.56 Å². The minimum Gasteiger partial charge on any atom is -0.376 e. The molecule has 0 aliphatic carbocycles. The first-order valence-electron chi connectivity index (χ1n) is 7.72. The van der Waals surface area contributed by atoms with Gasteiger partial charge >= 0.3 is 6.03 Å². The van der Waals surface area contributed by atoms with E-state index < -0.39 is 0 Å². The largest absolute Gasteiger partial charge is 0.376 e. The van der Waals surface area contributed by atoms with Crippen molar-refractivity contribution >= 4 is 6.03 Å². The Kier molecular flexibility index (Phi) is 4.10. The van der Waals surface area contributed by atoms with Gasteiger partial charge in [0, 0.05) is 64.5 Å². The van der Waals surface area contributed by atoms with Gasteiger partial charge in [-0.05, 0) is 6.42 Å². The van der Waals surface area contributed by atoms with E-state index in [4.69, 9.17) is 4.74 Å². The van der Waals surface area contributed by atoms with Crippen LogP contribution in [-0.2, 0) is 18.3 Å². The van der Waals surface area contributed by atoms with Gasteiger partial charge in [0.05, 0.1) is 18.9 Å². The number of nitrogens with one attached hydrogen (secondary N) is 1. The van der Waals surface area contributed by atoms with Crippen LogP contribution in [-0.4, -0.2) is 72.1 Å². The van der Waals surface area contributed by atoms with Crippen molar-refractivity contribution in [1.29, 1.82) is 0 Å². The van der Waals surface area contributed by atoms with E-state index in [2.05, 4.69) is 21.5 Å². The second-order valence-corrected chi connectivity index (χ2v) is 6.89. The third-order valence-electron chi connectivity index (χ3n) is 4.46. The van der Waals surface area contributed by atoms with E-state index in [1.54, 1.807) is 19.0 Å². The van der Waals surface area contributed by atoms with Gasteiger partial charge in [-0.15, -0.1) is 0 Å². The van der Waals surface area contributed by atoms with Crippen LogP contribution in [0.5, 0.6) is 0 Å². The molecule has 1 N–H and O–H groups in total. The smallest absolute Gasteiger partial charge is 0.316 e. The van der Waals surface area contributed by atoms with E-state index in [9.17, 15) is 4.79 Å². The van der Waals surface area contributed by atoms with Gasteiger partial charge in [0.2, 0.25) is 0 Å². The number of ether oxygens (including phenoxy) is 1. The highest BCUT2D eigenvalue weighted by Crippen LogP contribution is 2.41. The van der Waals surface area contributed by atoms with Crippen LogP contribution in [0.15, 0.2) is 12.4 Å². The maximum absolute atomic E-state index is 11.5. The summed E-state index contributed by atoms with van der Waals surface area (Å²) in [5.41, 5.74) is 1.54. The molecule has 2 saturated heterocycles. The Balaban J connectivity index is 1.41. The Labute approximate surface area is 131 Å². The van der Waals surface area contributed by atoms with Crippen LogP contribution < -0.4 is 5.32 Å². The van der Waals surface area contributed by atoms with Crippen LogP contribution in [0.25, 0.3) is 0 Å². The summed E-state index contributed by atoms with van der Waals surface area (Å²) >= 11 is 0. The standard InChI is InChI=1S/C15H25N5O2/c1-18(2)14(21)16-6-13-4-15(11-22-13)9-20(10-15)8-12-5-17-19(3)7-12/h5,7,13H,4,6,8-11H2,1-3H3,(H,16,21). The van der Waals surface area contributed by atoms with Crippen LogP contribution in [0.4, 0.5) is 4.79 Å². The number of hydrogen-bond acceptors (Lipinski definition) is 4. The second-order valence-electron chi connectivity index (χ2n) is 6.89. The van der Waals surface area contributed by atoms with Crippen molar-refractivity contribution in [2.75, 3.05) is 40.3 Å². The molecule has 0 bridgehead atoms. The van der Waals surface area contributed by atoms with E-state index in [0.717, 1.165) is 32.7 Å². The number of urea groups is 1. The summed E-state index contributed by atoms with van der Waals surface area (Å²) in [6.07, 6.45) is 5.17.